The van der Waals surface area contributed by atoms with Crippen molar-refractivity contribution in [2.45, 2.75) is 25.8 Å². The van der Waals surface area contributed by atoms with Crippen LogP contribution in [0.5, 0.6) is 0 Å². The zero-order valence-electron chi connectivity index (χ0n) is 13.7. The van der Waals surface area contributed by atoms with E-state index in [1.165, 1.54) is 6.07 Å². The van der Waals surface area contributed by atoms with E-state index in [9.17, 15) is 9.18 Å². The number of rotatable bonds is 4. The molecule has 0 saturated carbocycles. The van der Waals surface area contributed by atoms with Gasteiger partial charge in [-0.2, -0.15) is 0 Å². The van der Waals surface area contributed by atoms with Gasteiger partial charge < -0.3 is 0 Å². The molecule has 1 unspecified atom stereocenters. The molecule has 6 heteroatoms. The predicted octanol–water partition coefficient (Wildman–Crippen LogP) is 3.03. The highest BCUT2D eigenvalue weighted by atomic mass is 19.1. The third kappa shape index (κ3) is 3.94. The molecule has 3 rings (SSSR count). The van der Waals surface area contributed by atoms with Crippen molar-refractivity contribution in [1.82, 2.24) is 14.9 Å². The van der Waals surface area contributed by atoms with E-state index in [1.54, 1.807) is 30.6 Å². The van der Waals surface area contributed by atoms with Crippen LogP contribution in [0.25, 0.3) is 0 Å². The number of hydrogen-bond acceptors (Lipinski definition) is 4. The predicted molar refractivity (Wildman–Crippen MR) is 89.8 cm³/mol. The first kappa shape index (κ1) is 16.5. The minimum Gasteiger partial charge on any atom is -0.297 e. The molecule has 1 amide bonds. The van der Waals surface area contributed by atoms with Crippen LogP contribution in [0.2, 0.25) is 0 Å². The normalized spacial score (nSPS) is 17.4. The zero-order chi connectivity index (χ0) is 16.9. The summed E-state index contributed by atoms with van der Waals surface area (Å²) in [7, 11) is 0. The number of hydrogen-bond donors (Lipinski definition) is 1. The Kier molecular flexibility index (Phi) is 5.15. The van der Waals surface area contributed by atoms with Gasteiger partial charge in [-0.3, -0.25) is 15.0 Å². The van der Waals surface area contributed by atoms with Crippen LogP contribution in [-0.2, 0) is 4.79 Å². The maximum atomic E-state index is 13.4. The van der Waals surface area contributed by atoms with E-state index >= 15 is 0 Å². The highest BCUT2D eigenvalue weighted by molar-refractivity contribution is 5.90. The Labute approximate surface area is 140 Å². The average Bonchev–Trinajstić information content (AvgIpc) is 2.62. The van der Waals surface area contributed by atoms with Gasteiger partial charge in [0.2, 0.25) is 11.9 Å². The van der Waals surface area contributed by atoms with Gasteiger partial charge in [-0.15, -0.1) is 0 Å². The zero-order valence-corrected chi connectivity index (χ0v) is 13.7. The molecule has 1 aliphatic heterocycles. The van der Waals surface area contributed by atoms with Crippen LogP contribution in [0.15, 0.2) is 42.7 Å². The first-order chi connectivity index (χ1) is 11.6. The van der Waals surface area contributed by atoms with Gasteiger partial charge in [0.05, 0.1) is 0 Å². The number of piperidine rings is 1. The summed E-state index contributed by atoms with van der Waals surface area (Å²) < 4.78 is 13.4. The Hall–Kier alpha value is -2.34. The summed E-state index contributed by atoms with van der Waals surface area (Å²) in [5.74, 6) is 0.0681. The molecular weight excluding hydrogens is 307 g/mol. The van der Waals surface area contributed by atoms with Gasteiger partial charge >= 0.3 is 0 Å². The summed E-state index contributed by atoms with van der Waals surface area (Å²) in [6.07, 6.45) is 4.76. The average molecular weight is 328 g/mol. The molecule has 0 aliphatic carbocycles. The number of likely N-dealkylation sites (tertiary alicyclic amines) is 1. The van der Waals surface area contributed by atoms with Crippen LogP contribution in [0.4, 0.5) is 10.3 Å². The molecule has 1 aromatic heterocycles. The Morgan fingerprint density at radius 2 is 1.96 bits per heavy atom. The van der Waals surface area contributed by atoms with E-state index < -0.39 is 0 Å². The second-order valence-corrected chi connectivity index (χ2v) is 6.10. The van der Waals surface area contributed by atoms with Crippen LogP contribution in [0.1, 0.15) is 31.4 Å². The Morgan fingerprint density at radius 1 is 1.25 bits per heavy atom. The standard InChI is InChI=1S/C18H21FN4O/c1-13(15-4-2-5-16(19)12-15)23-10-6-14(7-11-23)17(24)22-18-20-8-3-9-21-18/h2-5,8-9,12-14H,6-7,10-11H2,1H3,(H,20,21,22,24). The SMILES string of the molecule is CC(c1cccc(F)c1)N1CCC(C(=O)Nc2ncccn2)CC1. The third-order valence-electron chi connectivity index (χ3n) is 4.58. The number of halogens is 1. The molecular formula is C18H21FN4O. The smallest absolute Gasteiger partial charge is 0.229 e. The molecule has 0 spiro atoms. The molecule has 126 valence electrons. The maximum Gasteiger partial charge on any atom is 0.229 e. The Balaban J connectivity index is 1.54. The fourth-order valence-corrected chi connectivity index (χ4v) is 3.10. The van der Waals surface area contributed by atoms with E-state index in [0.717, 1.165) is 31.5 Å². The van der Waals surface area contributed by atoms with E-state index in [-0.39, 0.29) is 23.7 Å². The number of aromatic nitrogens is 2. The highest BCUT2D eigenvalue weighted by Gasteiger charge is 2.28. The monoisotopic (exact) mass is 328 g/mol. The molecule has 1 aliphatic rings. The number of carbonyl (C=O) groups is 1. The second-order valence-electron chi connectivity index (χ2n) is 6.10. The summed E-state index contributed by atoms with van der Waals surface area (Å²) in [6, 6.07) is 8.57. The van der Waals surface area contributed by atoms with Crippen molar-refractivity contribution < 1.29 is 9.18 Å². The lowest BCUT2D eigenvalue weighted by molar-refractivity contribution is -0.121. The van der Waals surface area contributed by atoms with E-state index in [2.05, 4.69) is 27.1 Å². The highest BCUT2D eigenvalue weighted by Crippen LogP contribution is 2.27. The summed E-state index contributed by atoms with van der Waals surface area (Å²) in [4.78, 5) is 22.6. The molecule has 1 atom stereocenters. The number of benzene rings is 1. The van der Waals surface area contributed by atoms with Crippen molar-refractivity contribution in [3.8, 4) is 0 Å². The number of amides is 1. The van der Waals surface area contributed by atoms with Crippen LogP contribution >= 0.6 is 0 Å². The fourth-order valence-electron chi connectivity index (χ4n) is 3.10. The molecule has 0 radical (unpaired) electrons. The lowest BCUT2D eigenvalue weighted by Gasteiger charge is -2.35. The quantitative estimate of drug-likeness (QED) is 0.937. The van der Waals surface area contributed by atoms with Crippen LogP contribution in [0.3, 0.4) is 0 Å². The van der Waals surface area contributed by atoms with Gasteiger partial charge in [-0.05, 0) is 56.6 Å². The molecule has 5 nitrogen and oxygen atoms in total. The first-order valence-electron chi connectivity index (χ1n) is 8.21. The molecule has 0 bridgehead atoms. The van der Waals surface area contributed by atoms with Gasteiger partial charge in [-0.1, -0.05) is 12.1 Å². The van der Waals surface area contributed by atoms with Crippen molar-refractivity contribution in [2.24, 2.45) is 5.92 Å². The Bertz CT molecular complexity index is 686. The topological polar surface area (TPSA) is 58.1 Å². The molecule has 1 fully saturated rings. The van der Waals surface area contributed by atoms with Crippen LogP contribution < -0.4 is 5.32 Å². The molecule has 1 saturated heterocycles. The summed E-state index contributed by atoms with van der Waals surface area (Å²) in [5.41, 5.74) is 0.968. The first-order valence-corrected chi connectivity index (χ1v) is 8.21. The van der Waals surface area contributed by atoms with Gasteiger partial charge in [0.1, 0.15) is 5.82 Å². The molecule has 2 heterocycles. The molecule has 1 N–H and O–H groups in total. The number of carbonyl (C=O) groups excluding carboxylic acids is 1. The fraction of sp³-hybridized carbons (Fsp3) is 0.389. The van der Waals surface area contributed by atoms with Crippen molar-refractivity contribution in [1.29, 1.82) is 0 Å². The summed E-state index contributed by atoms with van der Waals surface area (Å²) in [5, 5.41) is 2.77. The van der Waals surface area contributed by atoms with Gasteiger partial charge in [0.25, 0.3) is 0 Å². The minimum absolute atomic E-state index is 0.0285. The molecule has 24 heavy (non-hydrogen) atoms. The number of anilines is 1. The van der Waals surface area contributed by atoms with E-state index in [1.807, 2.05) is 6.07 Å². The van der Waals surface area contributed by atoms with Crippen molar-refractivity contribution >= 4 is 11.9 Å². The number of nitrogens with zero attached hydrogens (tertiary/aromatic N) is 3. The van der Waals surface area contributed by atoms with Gasteiger partial charge in [-0.25, -0.2) is 14.4 Å². The Morgan fingerprint density at radius 3 is 2.62 bits per heavy atom. The molecule has 1 aromatic carbocycles. The van der Waals surface area contributed by atoms with E-state index in [4.69, 9.17) is 0 Å². The van der Waals surface area contributed by atoms with Crippen molar-refractivity contribution in [3.05, 3.63) is 54.1 Å². The second kappa shape index (κ2) is 7.49. The van der Waals surface area contributed by atoms with Crippen molar-refractivity contribution in [2.75, 3.05) is 18.4 Å². The summed E-state index contributed by atoms with van der Waals surface area (Å²) in [6.45, 7) is 3.70. The minimum atomic E-state index is -0.212. The third-order valence-corrected chi connectivity index (χ3v) is 4.58. The number of nitrogens with one attached hydrogen (secondary N) is 1. The van der Waals surface area contributed by atoms with Crippen LogP contribution in [0, 0.1) is 11.7 Å². The van der Waals surface area contributed by atoms with E-state index in [0.29, 0.717) is 5.95 Å². The van der Waals surface area contributed by atoms with Gasteiger partial charge in [0, 0.05) is 24.4 Å². The van der Waals surface area contributed by atoms with Crippen LogP contribution in [-0.4, -0.2) is 33.9 Å². The maximum absolute atomic E-state index is 13.4. The molecule has 2 aromatic rings. The largest absolute Gasteiger partial charge is 0.297 e. The van der Waals surface area contributed by atoms with Gasteiger partial charge in [0.15, 0.2) is 0 Å². The lowest BCUT2D eigenvalue weighted by atomic mass is 9.94. The summed E-state index contributed by atoms with van der Waals surface area (Å²) >= 11 is 0. The lowest BCUT2D eigenvalue weighted by Crippen LogP contribution is -2.39. The van der Waals surface area contributed by atoms with Crippen molar-refractivity contribution in [3.63, 3.8) is 0 Å².